The Morgan fingerprint density at radius 2 is 2.21 bits per heavy atom. The molecule has 1 atom stereocenters. The van der Waals surface area contributed by atoms with Crippen LogP contribution >= 0.6 is 0 Å². The van der Waals surface area contributed by atoms with Crippen molar-refractivity contribution in [1.29, 1.82) is 0 Å². The Balaban J connectivity index is 1.62. The smallest absolute Gasteiger partial charge is 0.0600 e. The first-order valence-corrected chi connectivity index (χ1v) is 7.36. The highest BCUT2D eigenvalue weighted by molar-refractivity contribution is 5.92. The molecule has 0 saturated carbocycles. The number of hydrogen-bond acceptors (Lipinski definition) is 2. The van der Waals surface area contributed by atoms with Gasteiger partial charge in [-0.25, -0.2) is 0 Å². The van der Waals surface area contributed by atoms with Crippen LogP contribution in [0.1, 0.15) is 25.7 Å². The lowest BCUT2D eigenvalue weighted by molar-refractivity contribution is 0.389. The molecular formula is C16H23N3. The van der Waals surface area contributed by atoms with E-state index in [2.05, 4.69) is 52.7 Å². The first kappa shape index (κ1) is 12.5. The molecule has 0 spiro atoms. The molecule has 1 aliphatic heterocycles. The minimum absolute atomic E-state index is 0.705. The fraction of sp³-hybridized carbons (Fsp3) is 0.500. The van der Waals surface area contributed by atoms with Crippen molar-refractivity contribution in [3.63, 3.8) is 0 Å². The molecule has 2 N–H and O–H groups in total. The van der Waals surface area contributed by atoms with Crippen LogP contribution < -0.4 is 10.6 Å². The zero-order valence-corrected chi connectivity index (χ0v) is 11.7. The normalized spacial score (nSPS) is 19.7. The van der Waals surface area contributed by atoms with Gasteiger partial charge in [0.05, 0.1) is 5.69 Å². The van der Waals surface area contributed by atoms with Crippen LogP contribution in [0.2, 0.25) is 0 Å². The predicted molar refractivity (Wildman–Crippen MR) is 81.7 cm³/mol. The molecule has 1 aliphatic rings. The molecule has 0 radical (unpaired) electrons. The molecule has 1 aromatic heterocycles. The maximum Gasteiger partial charge on any atom is 0.0600 e. The minimum atomic E-state index is 0.705. The molecule has 3 rings (SSSR count). The second-order valence-corrected chi connectivity index (χ2v) is 5.53. The molecule has 2 heterocycles. The Morgan fingerprint density at radius 3 is 3.05 bits per heavy atom. The van der Waals surface area contributed by atoms with E-state index in [1.165, 1.54) is 48.8 Å². The molecule has 3 nitrogen and oxygen atoms in total. The largest absolute Gasteiger partial charge is 0.383 e. The molecule has 1 fully saturated rings. The number of benzene rings is 1. The summed E-state index contributed by atoms with van der Waals surface area (Å²) in [5.74, 6) is 0. The number of anilines is 1. The molecule has 0 amide bonds. The lowest BCUT2D eigenvalue weighted by Crippen LogP contribution is -2.35. The molecular weight excluding hydrogens is 234 g/mol. The number of fused-ring (bicyclic) bond motifs is 1. The van der Waals surface area contributed by atoms with Gasteiger partial charge in [0.2, 0.25) is 0 Å². The molecule has 1 unspecified atom stereocenters. The fourth-order valence-electron chi connectivity index (χ4n) is 3.03. The van der Waals surface area contributed by atoms with Crippen LogP contribution in [-0.4, -0.2) is 23.7 Å². The number of aromatic nitrogens is 1. The summed E-state index contributed by atoms with van der Waals surface area (Å²) in [5, 5.41) is 8.52. The first-order chi connectivity index (χ1) is 9.34. The van der Waals surface area contributed by atoms with E-state index in [4.69, 9.17) is 0 Å². The quantitative estimate of drug-likeness (QED) is 0.881. The maximum absolute atomic E-state index is 3.60. The van der Waals surface area contributed by atoms with Gasteiger partial charge in [-0.3, -0.25) is 0 Å². The molecule has 2 aromatic rings. The van der Waals surface area contributed by atoms with Crippen LogP contribution in [0.3, 0.4) is 0 Å². The Morgan fingerprint density at radius 1 is 1.32 bits per heavy atom. The molecule has 1 saturated heterocycles. The fourth-order valence-corrected chi connectivity index (χ4v) is 3.03. The topological polar surface area (TPSA) is 29.0 Å². The van der Waals surface area contributed by atoms with Gasteiger partial charge in [-0.15, -0.1) is 0 Å². The predicted octanol–water partition coefficient (Wildman–Crippen LogP) is 3.12. The van der Waals surface area contributed by atoms with Crippen molar-refractivity contribution in [2.45, 2.75) is 31.7 Å². The third kappa shape index (κ3) is 2.76. The van der Waals surface area contributed by atoms with Crippen LogP contribution in [0, 0.1) is 0 Å². The summed E-state index contributed by atoms with van der Waals surface area (Å²) in [7, 11) is 2.11. The van der Waals surface area contributed by atoms with E-state index in [1.807, 2.05) is 0 Å². The van der Waals surface area contributed by atoms with E-state index >= 15 is 0 Å². The number of piperidine rings is 1. The lowest BCUT2D eigenvalue weighted by Gasteiger charge is -2.23. The summed E-state index contributed by atoms with van der Waals surface area (Å²) in [4.78, 5) is 0. The number of nitrogens with one attached hydrogen (secondary N) is 2. The molecule has 0 bridgehead atoms. The average molecular weight is 257 g/mol. The maximum atomic E-state index is 3.60. The summed E-state index contributed by atoms with van der Waals surface area (Å²) < 4.78 is 2.19. The average Bonchev–Trinajstić information content (AvgIpc) is 2.78. The molecule has 19 heavy (non-hydrogen) atoms. The van der Waals surface area contributed by atoms with E-state index in [0.717, 1.165) is 6.54 Å². The monoisotopic (exact) mass is 257 g/mol. The highest BCUT2D eigenvalue weighted by atomic mass is 15.0. The van der Waals surface area contributed by atoms with Crippen molar-refractivity contribution in [3.05, 3.63) is 30.5 Å². The van der Waals surface area contributed by atoms with Crippen molar-refractivity contribution < 1.29 is 0 Å². The van der Waals surface area contributed by atoms with Crippen molar-refractivity contribution in [1.82, 2.24) is 9.88 Å². The van der Waals surface area contributed by atoms with Gasteiger partial charge in [0.1, 0.15) is 0 Å². The third-order valence-corrected chi connectivity index (χ3v) is 4.12. The van der Waals surface area contributed by atoms with Crippen LogP contribution in [0.25, 0.3) is 10.9 Å². The van der Waals surface area contributed by atoms with E-state index in [0.29, 0.717) is 6.04 Å². The number of hydrogen-bond donors (Lipinski definition) is 2. The van der Waals surface area contributed by atoms with Crippen LogP contribution in [0.15, 0.2) is 30.5 Å². The Hall–Kier alpha value is -1.48. The number of aryl methyl sites for hydroxylation is 1. The van der Waals surface area contributed by atoms with Crippen molar-refractivity contribution >= 4 is 16.6 Å². The first-order valence-electron chi connectivity index (χ1n) is 7.36. The molecule has 0 aliphatic carbocycles. The second kappa shape index (κ2) is 5.66. The zero-order valence-electron chi connectivity index (χ0n) is 11.7. The van der Waals surface area contributed by atoms with Gasteiger partial charge in [-0.1, -0.05) is 24.6 Å². The van der Waals surface area contributed by atoms with E-state index < -0.39 is 0 Å². The summed E-state index contributed by atoms with van der Waals surface area (Å²) in [6.45, 7) is 2.24. The van der Waals surface area contributed by atoms with E-state index in [9.17, 15) is 0 Å². The van der Waals surface area contributed by atoms with Gasteiger partial charge in [-0.2, -0.15) is 0 Å². The second-order valence-electron chi connectivity index (χ2n) is 5.53. The van der Waals surface area contributed by atoms with Crippen molar-refractivity contribution in [2.24, 2.45) is 7.05 Å². The van der Waals surface area contributed by atoms with Crippen LogP contribution in [-0.2, 0) is 7.05 Å². The SMILES string of the molecule is Cn1cc(NCCC2CCCCN2)c2ccccc21. The number of nitrogens with zero attached hydrogens (tertiary/aromatic N) is 1. The summed E-state index contributed by atoms with van der Waals surface area (Å²) in [6, 6.07) is 9.27. The number of rotatable bonds is 4. The van der Waals surface area contributed by atoms with Gasteiger partial charge in [-0.05, 0) is 31.9 Å². The molecule has 3 heteroatoms. The van der Waals surface area contributed by atoms with Gasteiger partial charge in [0.25, 0.3) is 0 Å². The van der Waals surface area contributed by atoms with Gasteiger partial charge in [0.15, 0.2) is 0 Å². The van der Waals surface area contributed by atoms with Crippen molar-refractivity contribution in [3.8, 4) is 0 Å². The Labute approximate surface area is 115 Å². The van der Waals surface area contributed by atoms with Gasteiger partial charge < -0.3 is 15.2 Å². The highest BCUT2D eigenvalue weighted by Gasteiger charge is 2.12. The molecule has 102 valence electrons. The highest BCUT2D eigenvalue weighted by Crippen LogP contribution is 2.24. The van der Waals surface area contributed by atoms with E-state index in [1.54, 1.807) is 0 Å². The lowest BCUT2D eigenvalue weighted by atomic mass is 10.0. The zero-order chi connectivity index (χ0) is 13.1. The van der Waals surface area contributed by atoms with Gasteiger partial charge >= 0.3 is 0 Å². The summed E-state index contributed by atoms with van der Waals surface area (Å²) in [5.41, 5.74) is 2.55. The van der Waals surface area contributed by atoms with Crippen molar-refractivity contribution in [2.75, 3.05) is 18.4 Å². The van der Waals surface area contributed by atoms with Crippen LogP contribution in [0.4, 0.5) is 5.69 Å². The summed E-state index contributed by atoms with van der Waals surface area (Å²) in [6.07, 6.45) is 7.46. The molecule has 1 aromatic carbocycles. The summed E-state index contributed by atoms with van der Waals surface area (Å²) >= 11 is 0. The van der Waals surface area contributed by atoms with E-state index in [-0.39, 0.29) is 0 Å². The standard InChI is InChI=1S/C16H23N3/c1-19-12-15(14-7-2-3-8-16(14)19)18-11-9-13-6-4-5-10-17-13/h2-3,7-8,12-13,17-18H,4-6,9-11H2,1H3. The Bertz CT molecular complexity index is 538. The Kier molecular flexibility index (Phi) is 3.74. The number of para-hydroxylation sites is 1. The minimum Gasteiger partial charge on any atom is -0.383 e. The third-order valence-electron chi connectivity index (χ3n) is 4.12. The van der Waals surface area contributed by atoms with Gasteiger partial charge in [0, 0.05) is 36.7 Å². The van der Waals surface area contributed by atoms with Crippen LogP contribution in [0.5, 0.6) is 0 Å².